The predicted octanol–water partition coefficient (Wildman–Crippen LogP) is 3.03. The summed E-state index contributed by atoms with van der Waals surface area (Å²) in [6.45, 7) is 3.25. The molecule has 1 aromatic carbocycles. The summed E-state index contributed by atoms with van der Waals surface area (Å²) in [6, 6.07) is 3.75. The van der Waals surface area contributed by atoms with Gasteiger partial charge in [-0.15, -0.1) is 0 Å². The smallest absolute Gasteiger partial charge is 0.407 e. The number of urea groups is 1. The number of hydrogen-bond donors (Lipinski definition) is 2. The average molecular weight is 420 g/mol. The fourth-order valence-electron chi connectivity index (χ4n) is 3.86. The van der Waals surface area contributed by atoms with Gasteiger partial charge in [-0.1, -0.05) is 17.4 Å². The highest BCUT2D eigenvalue weighted by molar-refractivity contribution is 7.22. The van der Waals surface area contributed by atoms with Crippen LogP contribution in [0.1, 0.15) is 24.3 Å². The summed E-state index contributed by atoms with van der Waals surface area (Å²) >= 11 is 1.44. The molecule has 10 heteroatoms. The average Bonchev–Trinajstić information content (AvgIpc) is 3.17. The first-order valence-electron chi connectivity index (χ1n) is 9.66. The highest BCUT2D eigenvalue weighted by Gasteiger charge is 2.27. The summed E-state index contributed by atoms with van der Waals surface area (Å²) in [5.74, 6) is 0.914. The first kappa shape index (κ1) is 19.7. The Morgan fingerprint density at radius 1 is 1.21 bits per heavy atom. The van der Waals surface area contributed by atoms with Crippen LogP contribution in [0.15, 0.2) is 12.1 Å². The minimum atomic E-state index is -0.866. The molecule has 0 saturated carbocycles. The van der Waals surface area contributed by atoms with Gasteiger partial charge in [0.25, 0.3) is 0 Å². The van der Waals surface area contributed by atoms with Gasteiger partial charge in [-0.05, 0) is 30.4 Å². The molecular weight excluding hydrogens is 396 g/mol. The molecule has 2 fully saturated rings. The van der Waals surface area contributed by atoms with E-state index in [-0.39, 0.29) is 11.9 Å². The molecule has 2 aromatic rings. The normalized spacial score (nSPS) is 18.1. The second-order valence-electron chi connectivity index (χ2n) is 7.13. The standard InChI is InChI=1S/C19H24N4O5S/c1-27-14-3-2-13(12-4-6-23(7-5-12)19(25)26)16-15(14)20-17(29-16)21-18(24)22-8-10-28-11-9-22/h2-3,12H,4-11H2,1H3,(H,25,26)(H,20,21,24). The van der Waals surface area contributed by atoms with E-state index in [4.69, 9.17) is 9.47 Å². The quantitative estimate of drug-likeness (QED) is 0.791. The van der Waals surface area contributed by atoms with Gasteiger partial charge in [0.15, 0.2) is 5.13 Å². The predicted molar refractivity (Wildman–Crippen MR) is 109 cm³/mol. The van der Waals surface area contributed by atoms with Crippen molar-refractivity contribution in [3.05, 3.63) is 17.7 Å². The maximum Gasteiger partial charge on any atom is 0.407 e. The molecule has 1 aromatic heterocycles. The van der Waals surface area contributed by atoms with Crippen molar-refractivity contribution in [2.75, 3.05) is 51.8 Å². The van der Waals surface area contributed by atoms with Gasteiger partial charge < -0.3 is 24.4 Å². The van der Waals surface area contributed by atoms with Crippen LogP contribution in [-0.4, -0.2) is 78.5 Å². The van der Waals surface area contributed by atoms with Crippen LogP contribution >= 0.6 is 11.3 Å². The minimum Gasteiger partial charge on any atom is -0.494 e. The molecule has 3 amide bonds. The number of aromatic nitrogens is 1. The molecule has 3 heterocycles. The summed E-state index contributed by atoms with van der Waals surface area (Å²) in [4.78, 5) is 31.5. The molecule has 0 unspecified atom stereocenters. The lowest BCUT2D eigenvalue weighted by Crippen LogP contribution is -2.43. The number of ether oxygens (including phenoxy) is 2. The van der Waals surface area contributed by atoms with Crippen molar-refractivity contribution in [2.45, 2.75) is 18.8 Å². The molecule has 0 bridgehead atoms. The topological polar surface area (TPSA) is 104 Å². The largest absolute Gasteiger partial charge is 0.494 e. The summed E-state index contributed by atoms with van der Waals surface area (Å²) in [7, 11) is 1.60. The number of benzene rings is 1. The molecule has 9 nitrogen and oxygen atoms in total. The number of nitrogens with zero attached hydrogens (tertiary/aromatic N) is 3. The summed E-state index contributed by atoms with van der Waals surface area (Å²) in [5.41, 5.74) is 1.86. The number of nitrogens with one attached hydrogen (secondary N) is 1. The summed E-state index contributed by atoms with van der Waals surface area (Å²) < 4.78 is 11.7. The third-order valence-electron chi connectivity index (χ3n) is 5.47. The lowest BCUT2D eigenvalue weighted by molar-refractivity contribution is 0.0564. The van der Waals surface area contributed by atoms with Gasteiger partial charge in [0.1, 0.15) is 11.3 Å². The van der Waals surface area contributed by atoms with E-state index in [0.717, 1.165) is 28.6 Å². The molecule has 2 N–H and O–H groups in total. The van der Waals surface area contributed by atoms with Crippen molar-refractivity contribution >= 4 is 38.8 Å². The molecule has 2 aliphatic heterocycles. The lowest BCUT2D eigenvalue weighted by atomic mass is 9.89. The maximum absolute atomic E-state index is 12.5. The Hall–Kier alpha value is -2.59. The van der Waals surface area contributed by atoms with Crippen molar-refractivity contribution in [2.24, 2.45) is 0 Å². The van der Waals surface area contributed by atoms with Crippen molar-refractivity contribution in [3.63, 3.8) is 0 Å². The molecule has 2 aliphatic rings. The Morgan fingerprint density at radius 2 is 1.93 bits per heavy atom. The summed E-state index contributed by atoms with van der Waals surface area (Å²) in [5, 5.41) is 12.6. The molecule has 29 heavy (non-hydrogen) atoms. The molecule has 0 spiro atoms. The molecule has 0 radical (unpaired) electrons. The minimum absolute atomic E-state index is 0.178. The van der Waals surface area contributed by atoms with Gasteiger partial charge in [-0.3, -0.25) is 5.32 Å². The van der Waals surface area contributed by atoms with Crippen molar-refractivity contribution < 1.29 is 24.2 Å². The number of methoxy groups -OCH3 is 1. The zero-order chi connectivity index (χ0) is 20.4. The van der Waals surface area contributed by atoms with Crippen LogP contribution in [0, 0.1) is 0 Å². The van der Waals surface area contributed by atoms with Crippen LogP contribution in [0.4, 0.5) is 14.7 Å². The number of carboxylic acid groups (broad SMARTS) is 1. The van der Waals surface area contributed by atoms with Gasteiger partial charge in [0.05, 0.1) is 25.0 Å². The maximum atomic E-state index is 12.5. The van der Waals surface area contributed by atoms with E-state index < -0.39 is 6.09 Å². The van der Waals surface area contributed by atoms with E-state index >= 15 is 0 Å². The van der Waals surface area contributed by atoms with Gasteiger partial charge in [0, 0.05) is 26.2 Å². The Labute approximate surface area is 172 Å². The van der Waals surface area contributed by atoms with Crippen LogP contribution in [-0.2, 0) is 4.74 Å². The lowest BCUT2D eigenvalue weighted by Gasteiger charge is -2.30. The SMILES string of the molecule is COc1ccc(C2CCN(C(=O)O)CC2)c2sc(NC(=O)N3CCOCC3)nc12. The van der Waals surface area contributed by atoms with Gasteiger partial charge in [-0.2, -0.15) is 0 Å². The molecule has 2 saturated heterocycles. The van der Waals surface area contributed by atoms with E-state index in [0.29, 0.717) is 50.3 Å². The Kier molecular flexibility index (Phi) is 5.72. The number of carbonyl (C=O) groups excluding carboxylic acids is 1. The van der Waals surface area contributed by atoms with Crippen LogP contribution in [0.25, 0.3) is 10.2 Å². The number of piperidine rings is 1. The number of thiazole rings is 1. The fourth-order valence-corrected chi connectivity index (χ4v) is 4.93. The van der Waals surface area contributed by atoms with Crippen LogP contribution < -0.4 is 10.1 Å². The number of rotatable bonds is 3. The van der Waals surface area contributed by atoms with Gasteiger partial charge in [0.2, 0.25) is 0 Å². The number of morpholine rings is 1. The molecule has 156 valence electrons. The zero-order valence-electron chi connectivity index (χ0n) is 16.2. The fraction of sp³-hybridized carbons (Fsp3) is 0.526. The van der Waals surface area contributed by atoms with E-state index in [1.165, 1.54) is 16.2 Å². The van der Waals surface area contributed by atoms with Crippen molar-refractivity contribution in [1.82, 2.24) is 14.8 Å². The van der Waals surface area contributed by atoms with E-state index in [1.807, 2.05) is 12.1 Å². The Bertz CT molecular complexity index is 903. The number of fused-ring (bicyclic) bond motifs is 1. The highest BCUT2D eigenvalue weighted by Crippen LogP contribution is 2.41. The Morgan fingerprint density at radius 3 is 2.59 bits per heavy atom. The third-order valence-corrected chi connectivity index (χ3v) is 6.49. The van der Waals surface area contributed by atoms with Crippen molar-refractivity contribution in [1.29, 1.82) is 0 Å². The van der Waals surface area contributed by atoms with E-state index in [1.54, 1.807) is 12.0 Å². The van der Waals surface area contributed by atoms with E-state index in [9.17, 15) is 14.7 Å². The second-order valence-corrected chi connectivity index (χ2v) is 8.13. The molecule has 4 rings (SSSR count). The highest BCUT2D eigenvalue weighted by atomic mass is 32.1. The first-order valence-corrected chi connectivity index (χ1v) is 10.5. The Balaban J connectivity index is 1.58. The van der Waals surface area contributed by atoms with Crippen LogP contribution in [0.2, 0.25) is 0 Å². The zero-order valence-corrected chi connectivity index (χ0v) is 17.0. The second kappa shape index (κ2) is 8.42. The number of hydrogen-bond acceptors (Lipinski definition) is 6. The number of anilines is 1. The number of likely N-dealkylation sites (tertiary alicyclic amines) is 1. The van der Waals surface area contributed by atoms with E-state index in [2.05, 4.69) is 10.3 Å². The van der Waals surface area contributed by atoms with Crippen LogP contribution in [0.5, 0.6) is 5.75 Å². The molecular formula is C19H24N4O5S. The van der Waals surface area contributed by atoms with Gasteiger partial charge >= 0.3 is 12.1 Å². The first-order chi connectivity index (χ1) is 14.1. The number of amides is 3. The monoisotopic (exact) mass is 420 g/mol. The van der Waals surface area contributed by atoms with Crippen molar-refractivity contribution in [3.8, 4) is 5.75 Å². The third kappa shape index (κ3) is 4.08. The molecule has 0 aliphatic carbocycles. The van der Waals surface area contributed by atoms with Gasteiger partial charge in [-0.25, -0.2) is 14.6 Å². The van der Waals surface area contributed by atoms with Crippen LogP contribution in [0.3, 0.4) is 0 Å². The summed E-state index contributed by atoms with van der Waals surface area (Å²) in [6.07, 6.45) is 0.664. The molecule has 0 atom stereocenters. The number of carbonyl (C=O) groups is 2.